The summed E-state index contributed by atoms with van der Waals surface area (Å²) in [5.41, 5.74) is 1.37. The molecule has 0 aliphatic heterocycles. The summed E-state index contributed by atoms with van der Waals surface area (Å²) < 4.78 is 5.14. The van der Waals surface area contributed by atoms with Gasteiger partial charge in [0.1, 0.15) is 11.6 Å². The van der Waals surface area contributed by atoms with Crippen molar-refractivity contribution in [2.24, 2.45) is 0 Å². The van der Waals surface area contributed by atoms with Crippen LogP contribution >= 0.6 is 22.9 Å². The number of pyridine rings is 1. The third-order valence-electron chi connectivity index (χ3n) is 3.21. The largest absolute Gasteiger partial charge is 0.497 e. The number of carbonyl (C=O) groups is 1. The second-order valence-electron chi connectivity index (χ2n) is 5.09. The molecule has 0 unspecified atom stereocenters. The molecule has 0 fully saturated rings. The smallest absolute Gasteiger partial charge is 0.230 e. The molecule has 1 amide bonds. The molecular formula is C17H15ClN4O2S. The Kier molecular flexibility index (Phi) is 5.47. The van der Waals surface area contributed by atoms with E-state index in [2.05, 4.69) is 20.6 Å². The van der Waals surface area contributed by atoms with Gasteiger partial charge in [-0.1, -0.05) is 17.7 Å². The van der Waals surface area contributed by atoms with Crippen LogP contribution in [0.3, 0.4) is 0 Å². The summed E-state index contributed by atoms with van der Waals surface area (Å²) in [5, 5.41) is 8.98. The van der Waals surface area contributed by atoms with Crippen LogP contribution < -0.4 is 15.4 Å². The molecule has 0 spiro atoms. The summed E-state index contributed by atoms with van der Waals surface area (Å²) >= 11 is 7.21. The summed E-state index contributed by atoms with van der Waals surface area (Å²) in [5.74, 6) is 1.19. The van der Waals surface area contributed by atoms with Crippen LogP contribution in [-0.2, 0) is 11.2 Å². The van der Waals surface area contributed by atoms with Crippen LogP contribution in [0.15, 0.2) is 48.0 Å². The molecule has 2 heterocycles. The predicted octanol–water partition coefficient (Wildman–Crippen LogP) is 4.12. The average molecular weight is 375 g/mol. The molecule has 0 aliphatic carbocycles. The Morgan fingerprint density at radius 1 is 1.32 bits per heavy atom. The Hall–Kier alpha value is -2.64. The summed E-state index contributed by atoms with van der Waals surface area (Å²) in [7, 11) is 1.58. The molecule has 2 aromatic heterocycles. The maximum Gasteiger partial charge on any atom is 0.230 e. The second-order valence-corrected chi connectivity index (χ2v) is 6.38. The standard InChI is InChI=1S/C17H15ClN4O2S/c1-24-14-4-2-3-12(7-14)20-16(23)8-13-10-25-17(21-13)22-15-6-5-11(18)9-19-15/h2-7,9-10H,8H2,1H3,(H,20,23)(H,19,21,22). The van der Waals surface area contributed by atoms with Gasteiger partial charge in [-0.05, 0) is 24.3 Å². The van der Waals surface area contributed by atoms with Crippen molar-refractivity contribution >= 4 is 45.5 Å². The first-order chi connectivity index (χ1) is 12.1. The Balaban J connectivity index is 1.58. The van der Waals surface area contributed by atoms with Gasteiger partial charge in [-0.15, -0.1) is 11.3 Å². The maximum absolute atomic E-state index is 12.2. The van der Waals surface area contributed by atoms with Crippen molar-refractivity contribution in [2.45, 2.75) is 6.42 Å². The van der Waals surface area contributed by atoms with E-state index in [4.69, 9.17) is 16.3 Å². The molecule has 8 heteroatoms. The van der Waals surface area contributed by atoms with E-state index in [1.54, 1.807) is 37.6 Å². The van der Waals surface area contributed by atoms with Gasteiger partial charge in [0.05, 0.1) is 24.2 Å². The number of anilines is 3. The number of nitrogens with one attached hydrogen (secondary N) is 2. The molecule has 0 aliphatic rings. The Morgan fingerprint density at radius 2 is 2.20 bits per heavy atom. The van der Waals surface area contributed by atoms with E-state index in [1.807, 2.05) is 17.5 Å². The molecule has 1 aromatic carbocycles. The summed E-state index contributed by atoms with van der Waals surface area (Å²) in [6.07, 6.45) is 1.74. The van der Waals surface area contributed by atoms with Gasteiger partial charge in [0.15, 0.2) is 5.13 Å². The zero-order valence-corrected chi connectivity index (χ0v) is 14.9. The van der Waals surface area contributed by atoms with Gasteiger partial charge < -0.3 is 15.4 Å². The molecule has 2 N–H and O–H groups in total. The molecule has 0 saturated carbocycles. The van der Waals surface area contributed by atoms with Crippen molar-refractivity contribution in [1.82, 2.24) is 9.97 Å². The van der Waals surface area contributed by atoms with Gasteiger partial charge in [0.25, 0.3) is 0 Å². The van der Waals surface area contributed by atoms with E-state index in [9.17, 15) is 4.79 Å². The minimum Gasteiger partial charge on any atom is -0.497 e. The number of aromatic nitrogens is 2. The van der Waals surface area contributed by atoms with Crippen LogP contribution in [0.1, 0.15) is 5.69 Å². The summed E-state index contributed by atoms with van der Waals surface area (Å²) in [6.45, 7) is 0. The zero-order chi connectivity index (χ0) is 17.6. The molecule has 0 radical (unpaired) electrons. The Bertz CT molecular complexity index is 867. The first kappa shape index (κ1) is 17.2. The highest BCUT2D eigenvalue weighted by Crippen LogP contribution is 2.21. The topological polar surface area (TPSA) is 76.1 Å². The quantitative estimate of drug-likeness (QED) is 0.678. The molecule has 128 valence electrons. The van der Waals surface area contributed by atoms with Gasteiger partial charge in [0.2, 0.25) is 5.91 Å². The molecule has 3 aromatic rings. The highest BCUT2D eigenvalue weighted by atomic mass is 35.5. The third-order valence-corrected chi connectivity index (χ3v) is 4.24. The minimum absolute atomic E-state index is 0.144. The van der Waals surface area contributed by atoms with Crippen LogP contribution in [0, 0.1) is 0 Å². The van der Waals surface area contributed by atoms with Crippen molar-refractivity contribution in [1.29, 1.82) is 0 Å². The fraction of sp³-hybridized carbons (Fsp3) is 0.118. The van der Waals surface area contributed by atoms with E-state index in [-0.39, 0.29) is 12.3 Å². The van der Waals surface area contributed by atoms with Crippen molar-refractivity contribution < 1.29 is 9.53 Å². The van der Waals surface area contributed by atoms with E-state index in [0.717, 1.165) is 0 Å². The summed E-state index contributed by atoms with van der Waals surface area (Å²) in [6, 6.07) is 10.7. The van der Waals surface area contributed by atoms with Crippen LogP contribution in [0.4, 0.5) is 16.6 Å². The number of thiazole rings is 1. The summed E-state index contributed by atoms with van der Waals surface area (Å²) in [4.78, 5) is 20.7. The Morgan fingerprint density at radius 3 is 2.96 bits per heavy atom. The lowest BCUT2D eigenvalue weighted by Crippen LogP contribution is -2.14. The molecule has 0 saturated heterocycles. The van der Waals surface area contributed by atoms with Crippen molar-refractivity contribution in [2.75, 3.05) is 17.7 Å². The molecule has 6 nitrogen and oxygen atoms in total. The number of halogens is 1. The number of nitrogens with zero attached hydrogens (tertiary/aromatic N) is 2. The molecule has 3 rings (SSSR count). The normalized spacial score (nSPS) is 10.3. The SMILES string of the molecule is COc1cccc(NC(=O)Cc2csc(Nc3ccc(Cl)cn3)n2)c1. The first-order valence-electron chi connectivity index (χ1n) is 7.39. The highest BCUT2D eigenvalue weighted by molar-refractivity contribution is 7.13. The lowest BCUT2D eigenvalue weighted by atomic mass is 10.2. The fourth-order valence-corrected chi connectivity index (χ4v) is 2.90. The zero-order valence-electron chi connectivity index (χ0n) is 13.3. The monoisotopic (exact) mass is 374 g/mol. The van der Waals surface area contributed by atoms with Crippen molar-refractivity contribution in [3.63, 3.8) is 0 Å². The van der Waals surface area contributed by atoms with E-state index in [1.165, 1.54) is 11.3 Å². The Labute approximate surface area is 153 Å². The first-order valence-corrected chi connectivity index (χ1v) is 8.65. The van der Waals surface area contributed by atoms with Crippen LogP contribution in [0.5, 0.6) is 5.75 Å². The maximum atomic E-state index is 12.2. The van der Waals surface area contributed by atoms with E-state index >= 15 is 0 Å². The van der Waals surface area contributed by atoms with Crippen LogP contribution in [0.25, 0.3) is 0 Å². The van der Waals surface area contributed by atoms with Crippen molar-refractivity contribution in [3.05, 3.63) is 58.7 Å². The highest BCUT2D eigenvalue weighted by Gasteiger charge is 2.09. The predicted molar refractivity (Wildman–Crippen MR) is 100.0 cm³/mol. The third kappa shape index (κ3) is 4.91. The van der Waals surface area contributed by atoms with Gasteiger partial charge in [-0.25, -0.2) is 9.97 Å². The van der Waals surface area contributed by atoms with Gasteiger partial charge >= 0.3 is 0 Å². The average Bonchev–Trinajstić information content (AvgIpc) is 3.04. The van der Waals surface area contributed by atoms with Gasteiger partial charge in [-0.3, -0.25) is 4.79 Å². The number of ether oxygens (including phenoxy) is 1. The van der Waals surface area contributed by atoms with E-state index in [0.29, 0.717) is 33.1 Å². The van der Waals surface area contributed by atoms with Gasteiger partial charge in [0, 0.05) is 23.3 Å². The lowest BCUT2D eigenvalue weighted by molar-refractivity contribution is -0.115. The van der Waals surface area contributed by atoms with Gasteiger partial charge in [-0.2, -0.15) is 0 Å². The van der Waals surface area contributed by atoms with Crippen LogP contribution in [-0.4, -0.2) is 23.0 Å². The molecular weight excluding hydrogens is 360 g/mol. The fourth-order valence-electron chi connectivity index (χ4n) is 2.08. The number of carbonyl (C=O) groups excluding carboxylic acids is 1. The molecule has 0 bridgehead atoms. The number of rotatable bonds is 6. The number of hydrogen-bond donors (Lipinski definition) is 2. The molecule has 0 atom stereocenters. The molecule has 25 heavy (non-hydrogen) atoms. The lowest BCUT2D eigenvalue weighted by Gasteiger charge is -2.06. The number of methoxy groups -OCH3 is 1. The number of amides is 1. The van der Waals surface area contributed by atoms with Crippen molar-refractivity contribution in [3.8, 4) is 5.75 Å². The second kappa shape index (κ2) is 7.96. The van der Waals surface area contributed by atoms with Crippen LogP contribution in [0.2, 0.25) is 5.02 Å². The number of hydrogen-bond acceptors (Lipinski definition) is 6. The minimum atomic E-state index is -0.144. The van der Waals surface area contributed by atoms with E-state index < -0.39 is 0 Å². The number of benzene rings is 1.